The van der Waals surface area contributed by atoms with Crippen molar-refractivity contribution in [3.05, 3.63) is 93.2 Å². The van der Waals surface area contributed by atoms with E-state index in [1.807, 2.05) is 47.5 Å². The van der Waals surface area contributed by atoms with Gasteiger partial charge in [-0.25, -0.2) is 4.99 Å². The Bertz CT molecular complexity index is 1130. The van der Waals surface area contributed by atoms with Crippen LogP contribution in [-0.4, -0.2) is 22.0 Å². The summed E-state index contributed by atoms with van der Waals surface area (Å²) in [6, 6.07) is 18.3. The van der Waals surface area contributed by atoms with Gasteiger partial charge in [0.2, 0.25) is 0 Å². The minimum absolute atomic E-state index is 0.00994. The summed E-state index contributed by atoms with van der Waals surface area (Å²) in [5.41, 5.74) is 1.23. The first-order valence-electron chi connectivity index (χ1n) is 8.55. The molecule has 1 atom stereocenters. The molecule has 2 heterocycles. The molecule has 0 saturated heterocycles. The Morgan fingerprint density at radius 2 is 1.86 bits per heavy atom. The summed E-state index contributed by atoms with van der Waals surface area (Å²) >= 11 is 13.5. The molecular weight excluding hydrogens is 413 g/mol. The lowest BCUT2D eigenvalue weighted by molar-refractivity contribution is 0.102. The summed E-state index contributed by atoms with van der Waals surface area (Å²) in [6.45, 7) is 0. The van der Waals surface area contributed by atoms with Gasteiger partial charge >= 0.3 is 0 Å². The monoisotopic (exact) mass is 427 g/mol. The van der Waals surface area contributed by atoms with Crippen LogP contribution in [0.15, 0.2) is 71.9 Å². The van der Waals surface area contributed by atoms with Crippen molar-refractivity contribution in [2.45, 2.75) is 5.50 Å². The van der Waals surface area contributed by atoms with Gasteiger partial charge in [0.15, 0.2) is 11.3 Å². The zero-order chi connectivity index (χ0) is 19.5. The smallest absolute Gasteiger partial charge is 0.174 e. The molecule has 0 radical (unpaired) electrons. The second-order valence-corrected chi connectivity index (χ2v) is 8.04. The predicted molar refractivity (Wildman–Crippen MR) is 115 cm³/mol. The van der Waals surface area contributed by atoms with Gasteiger partial charge < -0.3 is 4.90 Å². The van der Waals surface area contributed by atoms with Crippen molar-refractivity contribution in [1.29, 1.82) is 0 Å². The van der Waals surface area contributed by atoms with Gasteiger partial charge in [-0.05, 0) is 48.5 Å². The number of rotatable bonds is 5. The average molecular weight is 428 g/mol. The quantitative estimate of drug-likeness (QED) is 0.573. The van der Waals surface area contributed by atoms with Gasteiger partial charge in [-0.1, -0.05) is 35.3 Å². The van der Waals surface area contributed by atoms with E-state index in [0.29, 0.717) is 15.6 Å². The maximum Gasteiger partial charge on any atom is 0.174 e. The Labute approximate surface area is 176 Å². The molecule has 4 nitrogen and oxygen atoms in total. The largest absolute Gasteiger partial charge is 0.315 e. The van der Waals surface area contributed by atoms with Crippen molar-refractivity contribution in [2.75, 3.05) is 10.7 Å². The minimum atomic E-state index is -0.291. The summed E-state index contributed by atoms with van der Waals surface area (Å²) in [6.07, 6.45) is 3.69. The number of nitrogens with zero attached hydrogens (tertiary/aromatic N) is 3. The van der Waals surface area contributed by atoms with Crippen molar-refractivity contribution in [1.82, 2.24) is 4.98 Å². The van der Waals surface area contributed by atoms with E-state index < -0.39 is 0 Å². The fourth-order valence-corrected chi connectivity index (χ4v) is 4.14. The number of carbonyl (C=O) groups is 1. The maximum absolute atomic E-state index is 12.6. The van der Waals surface area contributed by atoms with Crippen LogP contribution in [0.5, 0.6) is 0 Å². The Balaban J connectivity index is 1.62. The molecule has 7 heteroatoms. The Kier molecular flexibility index (Phi) is 5.67. The number of anilines is 1. The van der Waals surface area contributed by atoms with Crippen molar-refractivity contribution >= 4 is 52.6 Å². The highest BCUT2D eigenvalue weighted by Crippen LogP contribution is 2.27. The first kappa shape index (κ1) is 19.0. The van der Waals surface area contributed by atoms with E-state index in [4.69, 9.17) is 28.2 Å². The van der Waals surface area contributed by atoms with Crippen LogP contribution in [0.1, 0.15) is 10.4 Å². The molecule has 1 aliphatic heterocycles. The standard InChI is InChI=1S/C21H15Cl2N3OS/c22-15-6-8-17(9-7-15)26-12-19-18(5-2-10-24-19)25-21(26)28-13-20(27)14-3-1-4-16(23)11-14/h1-12,21H,13H2. The number of ketones is 1. The molecule has 1 unspecified atom stereocenters. The summed E-state index contributed by atoms with van der Waals surface area (Å²) in [5.74, 6) is 0.290. The van der Waals surface area contributed by atoms with Gasteiger partial charge in [-0.2, -0.15) is 0 Å². The molecule has 1 aromatic heterocycles. The average Bonchev–Trinajstić information content (AvgIpc) is 2.72. The zero-order valence-electron chi connectivity index (χ0n) is 14.6. The third-order valence-corrected chi connectivity index (χ3v) is 5.75. The molecule has 3 aromatic rings. The third kappa shape index (κ3) is 4.22. The molecule has 0 amide bonds. The fourth-order valence-electron chi connectivity index (χ4n) is 2.82. The van der Waals surface area contributed by atoms with Crippen molar-refractivity contribution in [3.63, 3.8) is 0 Å². The van der Waals surface area contributed by atoms with E-state index in [9.17, 15) is 4.79 Å². The van der Waals surface area contributed by atoms with Crippen LogP contribution in [0.25, 0.3) is 6.20 Å². The highest BCUT2D eigenvalue weighted by Gasteiger charge is 2.21. The first-order valence-corrected chi connectivity index (χ1v) is 10.4. The van der Waals surface area contributed by atoms with E-state index in [2.05, 4.69) is 4.98 Å². The van der Waals surface area contributed by atoms with Crippen LogP contribution in [0.4, 0.5) is 5.69 Å². The Morgan fingerprint density at radius 3 is 2.64 bits per heavy atom. The fraction of sp³-hybridized carbons (Fsp3) is 0.0952. The van der Waals surface area contributed by atoms with Gasteiger partial charge in [0, 0.05) is 33.7 Å². The van der Waals surface area contributed by atoms with Crippen LogP contribution in [-0.2, 0) is 0 Å². The number of carbonyl (C=O) groups excluding carboxylic acids is 1. The normalized spacial score (nSPS) is 15.4. The van der Waals surface area contributed by atoms with E-state index in [1.54, 1.807) is 30.5 Å². The molecule has 0 aliphatic carbocycles. The topological polar surface area (TPSA) is 45.6 Å². The van der Waals surface area contributed by atoms with Gasteiger partial charge in [-0.15, -0.1) is 11.8 Å². The molecule has 28 heavy (non-hydrogen) atoms. The zero-order valence-corrected chi connectivity index (χ0v) is 17.0. The van der Waals surface area contributed by atoms with Crippen LogP contribution in [0, 0.1) is 0 Å². The number of aromatic nitrogens is 1. The van der Waals surface area contributed by atoms with Crippen LogP contribution >= 0.6 is 35.0 Å². The Hall–Kier alpha value is -2.34. The van der Waals surface area contributed by atoms with Crippen LogP contribution < -0.4 is 15.6 Å². The predicted octanol–water partition coefficient (Wildman–Crippen LogP) is 4.17. The van der Waals surface area contributed by atoms with Crippen LogP contribution in [0.2, 0.25) is 10.0 Å². The number of Topliss-reactive ketones (excluding diaryl/α,β-unsaturated/α-hetero) is 1. The molecule has 0 saturated carbocycles. The van der Waals surface area contributed by atoms with Crippen molar-refractivity contribution in [3.8, 4) is 0 Å². The Morgan fingerprint density at radius 1 is 1.04 bits per heavy atom. The lowest BCUT2D eigenvalue weighted by Gasteiger charge is -2.29. The number of fused-ring (bicyclic) bond motifs is 1. The lowest BCUT2D eigenvalue weighted by atomic mass is 10.1. The number of hydrogen-bond acceptors (Lipinski definition) is 5. The maximum atomic E-state index is 12.6. The van der Waals surface area contributed by atoms with E-state index in [1.165, 1.54) is 11.8 Å². The molecule has 2 aromatic carbocycles. The first-order chi connectivity index (χ1) is 13.6. The van der Waals surface area contributed by atoms with Crippen LogP contribution in [0.3, 0.4) is 0 Å². The van der Waals surface area contributed by atoms with Crippen molar-refractivity contribution < 1.29 is 4.79 Å². The summed E-state index contributed by atoms with van der Waals surface area (Å²) in [4.78, 5) is 23.8. The molecule has 4 rings (SSSR count). The number of pyridine rings is 1. The summed E-state index contributed by atoms with van der Waals surface area (Å²) in [7, 11) is 0. The van der Waals surface area contributed by atoms with Gasteiger partial charge in [-0.3, -0.25) is 9.78 Å². The number of benzene rings is 2. The molecule has 0 fully saturated rings. The van der Waals surface area contributed by atoms with Gasteiger partial charge in [0.05, 0.1) is 11.1 Å². The molecule has 140 valence electrons. The van der Waals surface area contributed by atoms with E-state index in [0.717, 1.165) is 16.4 Å². The molecule has 0 spiro atoms. The number of hydrogen-bond donors (Lipinski definition) is 0. The molecular formula is C21H15Cl2N3OS. The molecule has 0 bridgehead atoms. The highest BCUT2D eigenvalue weighted by atomic mass is 35.5. The summed E-state index contributed by atoms with van der Waals surface area (Å²) in [5, 5.41) is 2.81. The number of halogens is 2. The second kappa shape index (κ2) is 8.35. The second-order valence-electron chi connectivity index (χ2n) is 6.12. The minimum Gasteiger partial charge on any atom is -0.315 e. The third-order valence-electron chi connectivity index (χ3n) is 4.20. The van der Waals surface area contributed by atoms with Gasteiger partial charge in [0.1, 0.15) is 5.35 Å². The highest BCUT2D eigenvalue weighted by molar-refractivity contribution is 8.00. The number of thioether (sulfide) groups is 1. The molecule has 0 N–H and O–H groups in total. The SMILES string of the molecule is O=C(CSC1N=c2cccnc2=CN1c1ccc(Cl)cc1)c1cccc(Cl)c1. The summed E-state index contributed by atoms with van der Waals surface area (Å²) < 4.78 is 0. The lowest BCUT2D eigenvalue weighted by Crippen LogP contribution is -2.42. The molecule has 1 aliphatic rings. The van der Waals surface area contributed by atoms with E-state index in [-0.39, 0.29) is 17.0 Å². The van der Waals surface area contributed by atoms with E-state index >= 15 is 0 Å². The van der Waals surface area contributed by atoms with Crippen molar-refractivity contribution in [2.24, 2.45) is 4.99 Å². The van der Waals surface area contributed by atoms with Gasteiger partial charge in [0.25, 0.3) is 0 Å².